The SMILES string of the molecule is NC(Cc1cc(F)ccc1OCC1CC1)C(=O)O. The lowest BCUT2D eigenvalue weighted by Crippen LogP contribution is -2.32. The fourth-order valence-corrected chi connectivity index (χ4v) is 1.66. The van der Waals surface area contributed by atoms with Crippen LogP contribution in [0.4, 0.5) is 4.39 Å². The Morgan fingerprint density at radius 3 is 2.89 bits per heavy atom. The number of hydrogen-bond donors (Lipinski definition) is 2. The lowest BCUT2D eigenvalue weighted by atomic mass is 10.1. The highest BCUT2D eigenvalue weighted by molar-refractivity contribution is 5.73. The fraction of sp³-hybridized carbons (Fsp3) is 0.462. The topological polar surface area (TPSA) is 72.5 Å². The second-order valence-corrected chi connectivity index (χ2v) is 4.66. The zero-order valence-electron chi connectivity index (χ0n) is 9.93. The van der Waals surface area contributed by atoms with E-state index in [9.17, 15) is 9.18 Å². The molecular formula is C13H16FNO3. The highest BCUT2D eigenvalue weighted by Crippen LogP contribution is 2.30. The average molecular weight is 253 g/mol. The van der Waals surface area contributed by atoms with Crippen molar-refractivity contribution in [3.63, 3.8) is 0 Å². The van der Waals surface area contributed by atoms with Crippen LogP contribution in [0, 0.1) is 11.7 Å². The molecule has 1 atom stereocenters. The number of nitrogens with two attached hydrogens (primary N) is 1. The van der Waals surface area contributed by atoms with Crippen LogP contribution in [0.5, 0.6) is 5.75 Å². The molecule has 1 saturated carbocycles. The number of hydrogen-bond acceptors (Lipinski definition) is 3. The van der Waals surface area contributed by atoms with Crippen LogP contribution in [0.25, 0.3) is 0 Å². The minimum atomic E-state index is -1.10. The molecular weight excluding hydrogens is 237 g/mol. The van der Waals surface area contributed by atoms with Crippen LogP contribution in [-0.2, 0) is 11.2 Å². The number of carbonyl (C=O) groups is 1. The summed E-state index contributed by atoms with van der Waals surface area (Å²) in [6, 6.07) is 3.07. The van der Waals surface area contributed by atoms with Gasteiger partial charge in [0.2, 0.25) is 0 Å². The average Bonchev–Trinajstić information content (AvgIpc) is 3.11. The number of rotatable bonds is 6. The van der Waals surface area contributed by atoms with Crippen LogP contribution in [0.3, 0.4) is 0 Å². The minimum absolute atomic E-state index is 0.0626. The van der Waals surface area contributed by atoms with Crippen LogP contribution in [0.2, 0.25) is 0 Å². The first-order chi connectivity index (χ1) is 8.56. The van der Waals surface area contributed by atoms with Gasteiger partial charge < -0.3 is 15.6 Å². The molecule has 0 spiro atoms. The van der Waals surface area contributed by atoms with Crippen molar-refractivity contribution in [2.75, 3.05) is 6.61 Å². The van der Waals surface area contributed by atoms with E-state index in [0.29, 0.717) is 23.8 Å². The third-order valence-corrected chi connectivity index (χ3v) is 2.95. The van der Waals surface area contributed by atoms with E-state index in [1.807, 2.05) is 0 Å². The lowest BCUT2D eigenvalue weighted by Gasteiger charge is -2.13. The van der Waals surface area contributed by atoms with E-state index in [2.05, 4.69) is 0 Å². The van der Waals surface area contributed by atoms with Crippen LogP contribution < -0.4 is 10.5 Å². The molecule has 5 heteroatoms. The van der Waals surface area contributed by atoms with Crippen molar-refractivity contribution in [3.8, 4) is 5.75 Å². The summed E-state index contributed by atoms with van der Waals surface area (Å²) < 4.78 is 18.7. The van der Waals surface area contributed by atoms with Gasteiger partial charge in [0.05, 0.1) is 6.61 Å². The van der Waals surface area contributed by atoms with Crippen LogP contribution >= 0.6 is 0 Å². The van der Waals surface area contributed by atoms with E-state index in [0.717, 1.165) is 12.8 Å². The molecule has 1 unspecified atom stereocenters. The highest BCUT2D eigenvalue weighted by atomic mass is 19.1. The first-order valence-electron chi connectivity index (χ1n) is 5.96. The second-order valence-electron chi connectivity index (χ2n) is 4.66. The van der Waals surface area contributed by atoms with Crippen molar-refractivity contribution in [2.45, 2.75) is 25.3 Å². The number of carboxylic acids is 1. The maximum Gasteiger partial charge on any atom is 0.320 e. The number of ether oxygens (including phenoxy) is 1. The standard InChI is InChI=1S/C13H16FNO3/c14-10-3-4-12(18-7-8-1-2-8)9(5-10)6-11(15)13(16)17/h3-5,8,11H,1-2,6-7,15H2,(H,16,17). The second kappa shape index (κ2) is 5.35. The van der Waals surface area contributed by atoms with Gasteiger partial charge in [0.1, 0.15) is 17.6 Å². The van der Waals surface area contributed by atoms with E-state index in [4.69, 9.17) is 15.6 Å². The molecule has 0 aromatic heterocycles. The highest BCUT2D eigenvalue weighted by Gasteiger charge is 2.23. The molecule has 1 aromatic carbocycles. The molecule has 1 aliphatic rings. The first kappa shape index (κ1) is 12.8. The summed E-state index contributed by atoms with van der Waals surface area (Å²) in [6.45, 7) is 0.598. The molecule has 3 N–H and O–H groups in total. The summed E-state index contributed by atoms with van der Waals surface area (Å²) >= 11 is 0. The Labute approximate surface area is 105 Å². The summed E-state index contributed by atoms with van der Waals surface area (Å²) in [6.07, 6.45) is 2.38. The van der Waals surface area contributed by atoms with Crippen molar-refractivity contribution in [3.05, 3.63) is 29.6 Å². The Morgan fingerprint density at radius 2 is 2.28 bits per heavy atom. The molecule has 2 rings (SSSR count). The summed E-state index contributed by atoms with van der Waals surface area (Å²) in [5.74, 6) is -0.412. The molecule has 0 bridgehead atoms. The Balaban J connectivity index is 2.08. The fourth-order valence-electron chi connectivity index (χ4n) is 1.66. The van der Waals surface area contributed by atoms with Gasteiger partial charge in [-0.1, -0.05) is 0 Å². The smallest absolute Gasteiger partial charge is 0.320 e. The maximum absolute atomic E-state index is 13.2. The lowest BCUT2D eigenvalue weighted by molar-refractivity contribution is -0.138. The molecule has 1 aromatic rings. The van der Waals surface area contributed by atoms with Crippen molar-refractivity contribution in [1.29, 1.82) is 0 Å². The zero-order chi connectivity index (χ0) is 13.1. The van der Waals surface area contributed by atoms with E-state index < -0.39 is 17.8 Å². The van der Waals surface area contributed by atoms with Crippen molar-refractivity contribution in [2.24, 2.45) is 11.7 Å². The van der Waals surface area contributed by atoms with E-state index >= 15 is 0 Å². The van der Waals surface area contributed by atoms with Crippen molar-refractivity contribution in [1.82, 2.24) is 0 Å². The van der Waals surface area contributed by atoms with Crippen molar-refractivity contribution < 1.29 is 19.0 Å². The predicted molar refractivity (Wildman–Crippen MR) is 63.9 cm³/mol. The molecule has 1 fully saturated rings. The molecule has 0 saturated heterocycles. The van der Waals surface area contributed by atoms with Gasteiger partial charge in [-0.25, -0.2) is 4.39 Å². The number of aliphatic carboxylic acids is 1. The molecule has 4 nitrogen and oxygen atoms in total. The molecule has 0 heterocycles. The zero-order valence-corrected chi connectivity index (χ0v) is 9.93. The van der Waals surface area contributed by atoms with Gasteiger partial charge in [-0.3, -0.25) is 4.79 Å². The normalized spacial score (nSPS) is 16.3. The van der Waals surface area contributed by atoms with Crippen LogP contribution in [-0.4, -0.2) is 23.7 Å². The number of carboxylic acid groups (broad SMARTS) is 1. The van der Waals surface area contributed by atoms with Gasteiger partial charge in [0, 0.05) is 6.42 Å². The van der Waals surface area contributed by atoms with Gasteiger partial charge in [-0.15, -0.1) is 0 Å². The maximum atomic E-state index is 13.2. The van der Waals surface area contributed by atoms with E-state index in [1.54, 1.807) is 0 Å². The molecule has 0 amide bonds. The Kier molecular flexibility index (Phi) is 3.81. The molecule has 18 heavy (non-hydrogen) atoms. The quantitative estimate of drug-likeness (QED) is 0.807. The van der Waals surface area contributed by atoms with Gasteiger partial charge >= 0.3 is 5.97 Å². The van der Waals surface area contributed by atoms with Gasteiger partial charge in [0.25, 0.3) is 0 Å². The summed E-state index contributed by atoms with van der Waals surface area (Å²) in [5, 5.41) is 8.77. The molecule has 0 radical (unpaired) electrons. The van der Waals surface area contributed by atoms with E-state index in [-0.39, 0.29) is 6.42 Å². The Morgan fingerprint density at radius 1 is 1.56 bits per heavy atom. The monoisotopic (exact) mass is 253 g/mol. The molecule has 0 aliphatic heterocycles. The van der Waals surface area contributed by atoms with Gasteiger partial charge in [-0.05, 0) is 42.5 Å². The summed E-state index contributed by atoms with van der Waals surface area (Å²) in [4.78, 5) is 10.7. The van der Waals surface area contributed by atoms with Gasteiger partial charge in [0.15, 0.2) is 0 Å². The predicted octanol–water partition coefficient (Wildman–Crippen LogP) is 1.57. The minimum Gasteiger partial charge on any atom is -0.493 e. The molecule has 1 aliphatic carbocycles. The largest absolute Gasteiger partial charge is 0.493 e. The van der Waals surface area contributed by atoms with Gasteiger partial charge in [-0.2, -0.15) is 0 Å². The number of halogens is 1. The molecule has 98 valence electrons. The Hall–Kier alpha value is -1.62. The van der Waals surface area contributed by atoms with E-state index in [1.165, 1.54) is 18.2 Å². The van der Waals surface area contributed by atoms with Crippen molar-refractivity contribution >= 4 is 5.97 Å². The third kappa shape index (κ3) is 3.43. The van der Waals surface area contributed by atoms with Crippen LogP contribution in [0.15, 0.2) is 18.2 Å². The third-order valence-electron chi connectivity index (χ3n) is 2.95. The Bertz CT molecular complexity index is 446. The van der Waals surface area contributed by atoms with Crippen LogP contribution in [0.1, 0.15) is 18.4 Å². The number of benzene rings is 1. The summed E-state index contributed by atoms with van der Waals surface area (Å²) in [5.41, 5.74) is 5.96. The summed E-state index contributed by atoms with van der Waals surface area (Å²) in [7, 11) is 0. The first-order valence-corrected chi connectivity index (χ1v) is 5.96.